The van der Waals surface area contributed by atoms with Crippen LogP contribution in [0, 0.1) is 3.57 Å². The lowest BCUT2D eigenvalue weighted by Crippen LogP contribution is -2.19. The number of hydrogen-bond donors (Lipinski definition) is 0. The molecule has 82 valence electrons. The monoisotopic (exact) mass is 335 g/mol. The van der Waals surface area contributed by atoms with E-state index >= 15 is 0 Å². The van der Waals surface area contributed by atoms with Crippen molar-refractivity contribution in [1.82, 2.24) is 0 Å². The minimum absolute atomic E-state index is 0.292. The maximum absolute atomic E-state index is 11.6. The van der Waals surface area contributed by atoms with Crippen molar-refractivity contribution in [3.8, 4) is 0 Å². The van der Waals surface area contributed by atoms with Crippen LogP contribution >= 0.6 is 22.6 Å². The second-order valence-electron chi connectivity index (χ2n) is 4.15. The van der Waals surface area contributed by atoms with Gasteiger partial charge in [-0.15, -0.1) is 0 Å². The molecule has 0 spiro atoms. The van der Waals surface area contributed by atoms with Gasteiger partial charge in [0, 0.05) is 9.78 Å². The van der Waals surface area contributed by atoms with Gasteiger partial charge in [0.25, 0.3) is 0 Å². The van der Waals surface area contributed by atoms with Crippen molar-refractivity contribution >= 4 is 39.8 Å². The molecule has 0 aliphatic rings. The lowest BCUT2D eigenvalue weighted by molar-refractivity contribution is 0.651. The highest BCUT2D eigenvalue weighted by Crippen LogP contribution is 2.12. The molecule has 0 heterocycles. The molecule has 0 bridgehead atoms. The van der Waals surface area contributed by atoms with Crippen LogP contribution in [0.1, 0.15) is 26.3 Å². The van der Waals surface area contributed by atoms with Crippen LogP contribution in [0.4, 0.5) is 0 Å². The molecule has 4 heteroatoms. The molecule has 1 atom stereocenters. The van der Waals surface area contributed by atoms with Crippen LogP contribution in [-0.4, -0.2) is 15.2 Å². The largest absolute Gasteiger partial charge is 0.234 e. The Labute approximate surface area is 107 Å². The third kappa shape index (κ3) is 4.42. The summed E-state index contributed by atoms with van der Waals surface area (Å²) in [6.45, 7) is 5.73. The van der Waals surface area contributed by atoms with Crippen LogP contribution < -0.4 is 0 Å². The first-order valence-corrected chi connectivity index (χ1v) is 6.80. The normalized spacial score (nSPS) is 14.4. The van der Waals surface area contributed by atoms with Crippen LogP contribution in [0.2, 0.25) is 0 Å². The summed E-state index contributed by atoms with van der Waals surface area (Å²) in [7, 11) is -1.18. The fraction of sp³-hybridized carbons (Fsp3) is 0.364. The Morgan fingerprint density at radius 3 is 2.27 bits per heavy atom. The van der Waals surface area contributed by atoms with E-state index in [1.54, 1.807) is 6.21 Å². The quantitative estimate of drug-likeness (QED) is 0.603. The molecule has 0 saturated carbocycles. The zero-order valence-corrected chi connectivity index (χ0v) is 12.0. The van der Waals surface area contributed by atoms with Crippen LogP contribution in [0.3, 0.4) is 0 Å². The van der Waals surface area contributed by atoms with Crippen molar-refractivity contribution < 1.29 is 4.21 Å². The Morgan fingerprint density at radius 1 is 1.27 bits per heavy atom. The summed E-state index contributed by atoms with van der Waals surface area (Å²) in [5.74, 6) is 0. The molecule has 2 nitrogen and oxygen atoms in total. The summed E-state index contributed by atoms with van der Waals surface area (Å²) < 4.78 is 16.5. The van der Waals surface area contributed by atoms with E-state index in [0.29, 0.717) is 0 Å². The van der Waals surface area contributed by atoms with Gasteiger partial charge in [-0.05, 0) is 61.1 Å². The van der Waals surface area contributed by atoms with Crippen molar-refractivity contribution in [2.75, 3.05) is 0 Å². The van der Waals surface area contributed by atoms with Crippen molar-refractivity contribution in [3.05, 3.63) is 33.4 Å². The predicted octanol–water partition coefficient (Wildman–Crippen LogP) is 3.17. The molecule has 0 aromatic heterocycles. The van der Waals surface area contributed by atoms with E-state index < -0.39 is 11.0 Å². The molecule has 0 N–H and O–H groups in total. The van der Waals surface area contributed by atoms with E-state index in [2.05, 4.69) is 27.0 Å². The van der Waals surface area contributed by atoms with Gasteiger partial charge < -0.3 is 0 Å². The molecule has 0 saturated heterocycles. The van der Waals surface area contributed by atoms with E-state index in [1.807, 2.05) is 45.0 Å². The van der Waals surface area contributed by atoms with Crippen LogP contribution in [0.15, 0.2) is 28.7 Å². The first-order valence-electron chi connectivity index (χ1n) is 4.61. The summed E-state index contributed by atoms with van der Waals surface area (Å²) in [4.78, 5) is 0. The Morgan fingerprint density at radius 2 is 1.80 bits per heavy atom. The van der Waals surface area contributed by atoms with Crippen LogP contribution in [0.25, 0.3) is 0 Å². The van der Waals surface area contributed by atoms with Crippen LogP contribution in [-0.2, 0) is 11.0 Å². The SMILES string of the molecule is CC(C)(C)[S@@](=O)/N=C/c1ccc(I)cc1. The predicted molar refractivity (Wildman–Crippen MR) is 74.6 cm³/mol. The topological polar surface area (TPSA) is 29.4 Å². The minimum Gasteiger partial charge on any atom is -0.234 e. The van der Waals surface area contributed by atoms with Gasteiger partial charge in [-0.1, -0.05) is 12.1 Å². The molecule has 0 radical (unpaired) electrons. The summed E-state index contributed by atoms with van der Waals surface area (Å²) in [6, 6.07) is 7.93. The van der Waals surface area contributed by atoms with Gasteiger partial charge in [-0.2, -0.15) is 4.40 Å². The van der Waals surface area contributed by atoms with Gasteiger partial charge in [0.1, 0.15) is 11.0 Å². The maximum Gasteiger partial charge on any atom is 0.144 e. The van der Waals surface area contributed by atoms with Gasteiger partial charge in [0.05, 0.1) is 4.75 Å². The average molecular weight is 335 g/mol. The Balaban J connectivity index is 2.74. The summed E-state index contributed by atoms with van der Waals surface area (Å²) in [5, 5.41) is 0. The minimum atomic E-state index is -1.18. The number of benzene rings is 1. The summed E-state index contributed by atoms with van der Waals surface area (Å²) in [6.07, 6.45) is 1.66. The molecule has 1 rings (SSSR count). The van der Waals surface area contributed by atoms with Gasteiger partial charge >= 0.3 is 0 Å². The van der Waals surface area contributed by atoms with E-state index in [0.717, 1.165) is 5.56 Å². The van der Waals surface area contributed by atoms with Gasteiger partial charge in [-0.3, -0.25) is 0 Å². The van der Waals surface area contributed by atoms with Gasteiger partial charge in [0.2, 0.25) is 0 Å². The first-order chi connectivity index (χ1) is 6.89. The molecule has 0 unspecified atom stereocenters. The molecular weight excluding hydrogens is 321 g/mol. The number of rotatable bonds is 2. The molecule has 15 heavy (non-hydrogen) atoms. The fourth-order valence-corrected chi connectivity index (χ4v) is 1.71. The standard InChI is InChI=1S/C11H14INOS/c1-11(2,3)15(14)13-8-9-4-6-10(12)7-5-9/h4-8H,1-3H3/b13-8+/t15-/m1/s1. The van der Waals surface area contributed by atoms with Crippen molar-refractivity contribution in [1.29, 1.82) is 0 Å². The molecular formula is C11H14INOS. The third-order valence-corrected chi connectivity index (χ3v) is 3.76. The molecule has 0 amide bonds. The molecule has 0 aliphatic carbocycles. The maximum atomic E-state index is 11.6. The second-order valence-corrected chi connectivity index (χ2v) is 7.33. The Hall–Kier alpha value is -0.230. The molecule has 0 aliphatic heterocycles. The van der Waals surface area contributed by atoms with Crippen molar-refractivity contribution in [3.63, 3.8) is 0 Å². The number of hydrogen-bond acceptors (Lipinski definition) is 1. The highest BCUT2D eigenvalue weighted by molar-refractivity contribution is 14.1. The number of halogens is 1. The smallest absolute Gasteiger partial charge is 0.144 e. The zero-order valence-electron chi connectivity index (χ0n) is 9.03. The zero-order chi connectivity index (χ0) is 11.5. The molecule has 0 fully saturated rings. The van der Waals surface area contributed by atoms with E-state index in [9.17, 15) is 4.21 Å². The van der Waals surface area contributed by atoms with Crippen LogP contribution in [0.5, 0.6) is 0 Å². The summed E-state index contributed by atoms with van der Waals surface area (Å²) in [5.41, 5.74) is 0.980. The molecule has 1 aromatic carbocycles. The van der Waals surface area contributed by atoms with E-state index in [1.165, 1.54) is 3.57 Å². The van der Waals surface area contributed by atoms with Gasteiger partial charge in [-0.25, -0.2) is 4.21 Å². The summed E-state index contributed by atoms with van der Waals surface area (Å²) >= 11 is 2.25. The van der Waals surface area contributed by atoms with Crippen molar-refractivity contribution in [2.24, 2.45) is 4.40 Å². The highest BCUT2D eigenvalue weighted by Gasteiger charge is 2.17. The Kier molecular flexibility index (Phi) is 4.45. The van der Waals surface area contributed by atoms with Gasteiger partial charge in [0.15, 0.2) is 0 Å². The second kappa shape index (κ2) is 5.21. The highest BCUT2D eigenvalue weighted by atomic mass is 127. The third-order valence-electron chi connectivity index (χ3n) is 1.69. The number of nitrogens with zero attached hydrogens (tertiary/aromatic N) is 1. The molecule has 1 aromatic rings. The van der Waals surface area contributed by atoms with E-state index in [-0.39, 0.29) is 4.75 Å². The lowest BCUT2D eigenvalue weighted by atomic mass is 10.2. The van der Waals surface area contributed by atoms with Crippen molar-refractivity contribution in [2.45, 2.75) is 25.5 Å². The average Bonchev–Trinajstić information content (AvgIpc) is 2.15. The Bertz CT molecular complexity index is 379. The first kappa shape index (κ1) is 12.8. The fourth-order valence-electron chi connectivity index (χ4n) is 0.816. The van der Waals surface area contributed by atoms with E-state index in [4.69, 9.17) is 0 Å². The lowest BCUT2D eigenvalue weighted by Gasteiger charge is -2.12.